The summed E-state index contributed by atoms with van der Waals surface area (Å²) in [6, 6.07) is 12.5. The zero-order chi connectivity index (χ0) is 35.9. The fourth-order valence-corrected chi connectivity index (χ4v) is 9.00. The Balaban J connectivity index is 1.53. The second kappa shape index (κ2) is 14.4. The molecule has 1 spiro atoms. The number of carbonyl (C=O) groups is 4. The Bertz CT molecular complexity index is 1690. The summed E-state index contributed by atoms with van der Waals surface area (Å²) >= 11 is 3.63. The maximum Gasteiger partial charge on any atom is 0.313 e. The number of cyclic esters (lactones) is 1. The fourth-order valence-electron chi connectivity index (χ4n) is 8.27. The second-order valence-corrected chi connectivity index (χ2v) is 14.9. The number of fused-ring (bicyclic) bond motifs is 2. The van der Waals surface area contributed by atoms with Crippen molar-refractivity contribution in [2.45, 2.75) is 89.8 Å². The topological polar surface area (TPSA) is 125 Å². The predicted molar refractivity (Wildman–Crippen MR) is 192 cm³/mol. The highest BCUT2D eigenvalue weighted by Gasteiger charge is 2.75. The largest absolute Gasteiger partial charge is 0.455 e. The van der Waals surface area contributed by atoms with Crippen molar-refractivity contribution in [2.24, 2.45) is 17.8 Å². The molecule has 6 rings (SSSR count). The van der Waals surface area contributed by atoms with E-state index >= 15 is 4.79 Å². The number of ether oxygens (including phenoxy) is 2. The summed E-state index contributed by atoms with van der Waals surface area (Å²) < 4.78 is 13.6. The van der Waals surface area contributed by atoms with Crippen molar-refractivity contribution in [3.05, 3.63) is 87.9 Å². The Kier molecular flexibility index (Phi) is 10.4. The molecular weight excluding hydrogens is 702 g/mol. The summed E-state index contributed by atoms with van der Waals surface area (Å²) in [6.07, 6.45) is 5.08. The third-order valence-electron chi connectivity index (χ3n) is 10.9. The van der Waals surface area contributed by atoms with Crippen LogP contribution in [0.15, 0.2) is 71.2 Å². The van der Waals surface area contributed by atoms with Gasteiger partial charge in [-0.05, 0) is 55.9 Å². The molecular formula is C39H46BrN3O7. The normalized spacial score (nSPS) is 31.9. The number of esters is 1. The van der Waals surface area contributed by atoms with Gasteiger partial charge in [0.15, 0.2) is 0 Å². The first-order valence-electron chi connectivity index (χ1n) is 17.5. The van der Waals surface area contributed by atoms with E-state index in [2.05, 4.69) is 21.2 Å². The standard InChI is InChI=1S/C39H46BrN3O7/c1-6-22(2)28(21-44)43-35-37(47)42(32-23(3)14-13-15-24(32)4)19-12-8-11-18-29(45)41-25(5)33(26-16-9-7-10-17-26)49-38(48)30-31(36(43)46)39(35)20-27(40)34(30)50-39/h7-10,12-17,20,22,25,28,30-31,33-35,44H,6,11,18-19,21H2,1-5H3,(H,41,45)/b12-8-/t22-,25+,28-,30-,31+,33-,34-,35-,39+/m0/s1. The number of aliphatic hydroxyl groups is 1. The molecule has 2 aromatic rings. The van der Waals surface area contributed by atoms with Crippen LogP contribution in [0.2, 0.25) is 0 Å². The van der Waals surface area contributed by atoms with Gasteiger partial charge in [0, 0.05) is 23.1 Å². The van der Waals surface area contributed by atoms with E-state index in [0.717, 1.165) is 11.1 Å². The van der Waals surface area contributed by atoms with Gasteiger partial charge in [0.25, 0.3) is 5.91 Å². The Morgan fingerprint density at radius 2 is 1.70 bits per heavy atom. The highest BCUT2D eigenvalue weighted by Crippen LogP contribution is 2.60. The van der Waals surface area contributed by atoms with Crippen molar-refractivity contribution in [3.8, 4) is 0 Å². The van der Waals surface area contributed by atoms with Gasteiger partial charge in [0.2, 0.25) is 11.8 Å². The van der Waals surface area contributed by atoms with Gasteiger partial charge in [0.1, 0.15) is 29.8 Å². The molecule has 2 fully saturated rings. The minimum atomic E-state index is -1.50. The van der Waals surface area contributed by atoms with Crippen LogP contribution in [0.4, 0.5) is 5.69 Å². The molecule has 11 heteroatoms. The average Bonchev–Trinajstić information content (AvgIpc) is 3.69. The summed E-state index contributed by atoms with van der Waals surface area (Å²) in [5.41, 5.74) is 1.64. The Morgan fingerprint density at radius 1 is 1.00 bits per heavy atom. The summed E-state index contributed by atoms with van der Waals surface area (Å²) in [7, 11) is 0. The number of likely N-dealkylation sites (tertiary alicyclic amines) is 1. The van der Waals surface area contributed by atoms with Gasteiger partial charge >= 0.3 is 5.97 Å². The Labute approximate surface area is 302 Å². The van der Waals surface area contributed by atoms with E-state index in [1.54, 1.807) is 17.9 Å². The molecule has 5 bridgehead atoms. The molecule has 4 aliphatic rings. The molecule has 3 amide bonds. The van der Waals surface area contributed by atoms with Crippen molar-refractivity contribution < 1.29 is 33.8 Å². The maximum absolute atomic E-state index is 15.3. The zero-order valence-corrected chi connectivity index (χ0v) is 30.8. The number of para-hydroxylation sites is 1. The number of anilines is 1. The van der Waals surface area contributed by atoms with Crippen LogP contribution in [0.3, 0.4) is 0 Å². The van der Waals surface area contributed by atoms with E-state index < -0.39 is 59.6 Å². The lowest BCUT2D eigenvalue weighted by Crippen LogP contribution is -2.60. The number of benzene rings is 2. The number of allylic oxidation sites excluding steroid dienone is 1. The monoisotopic (exact) mass is 747 g/mol. The van der Waals surface area contributed by atoms with Crippen LogP contribution in [0.5, 0.6) is 0 Å². The number of halogens is 1. The summed E-state index contributed by atoms with van der Waals surface area (Å²) in [6.45, 7) is 9.39. The third-order valence-corrected chi connectivity index (χ3v) is 11.6. The molecule has 10 nitrogen and oxygen atoms in total. The lowest BCUT2D eigenvalue weighted by atomic mass is 9.74. The van der Waals surface area contributed by atoms with E-state index in [0.29, 0.717) is 28.6 Å². The number of amides is 3. The number of carbonyl (C=O) groups excluding carboxylic acids is 4. The maximum atomic E-state index is 15.3. The quantitative estimate of drug-likeness (QED) is 0.313. The van der Waals surface area contributed by atoms with Crippen LogP contribution in [0, 0.1) is 31.6 Å². The van der Waals surface area contributed by atoms with E-state index in [1.807, 2.05) is 88.4 Å². The van der Waals surface area contributed by atoms with Gasteiger partial charge in [-0.3, -0.25) is 19.2 Å². The lowest BCUT2D eigenvalue weighted by Gasteiger charge is -2.40. The summed E-state index contributed by atoms with van der Waals surface area (Å²) in [5, 5.41) is 13.8. The molecule has 2 aromatic carbocycles. The number of hydrogen-bond acceptors (Lipinski definition) is 7. The first kappa shape index (κ1) is 36.0. The number of nitrogens with one attached hydrogen (secondary N) is 1. The van der Waals surface area contributed by atoms with Crippen LogP contribution in [-0.2, 0) is 28.7 Å². The third kappa shape index (κ3) is 6.11. The van der Waals surface area contributed by atoms with Crippen LogP contribution < -0.4 is 10.2 Å². The Morgan fingerprint density at radius 3 is 2.36 bits per heavy atom. The summed E-state index contributed by atoms with van der Waals surface area (Å²) in [5.74, 6) is -4.01. The van der Waals surface area contributed by atoms with Crippen LogP contribution in [0.1, 0.15) is 62.8 Å². The molecule has 0 aliphatic carbocycles. The minimum absolute atomic E-state index is 0.164. The first-order valence-corrected chi connectivity index (χ1v) is 18.3. The summed E-state index contributed by atoms with van der Waals surface area (Å²) in [4.78, 5) is 61.0. The molecule has 0 aromatic heterocycles. The zero-order valence-electron chi connectivity index (χ0n) is 29.2. The van der Waals surface area contributed by atoms with E-state index in [-0.39, 0.29) is 37.3 Å². The first-order chi connectivity index (χ1) is 23.9. The highest BCUT2D eigenvalue weighted by molar-refractivity contribution is 9.11. The molecule has 0 radical (unpaired) electrons. The molecule has 266 valence electrons. The number of hydrogen-bond donors (Lipinski definition) is 2. The van der Waals surface area contributed by atoms with Gasteiger partial charge in [0.05, 0.1) is 24.6 Å². The molecule has 4 heterocycles. The number of aliphatic hydroxyl groups excluding tert-OH is 1. The molecule has 50 heavy (non-hydrogen) atoms. The average molecular weight is 749 g/mol. The second-order valence-electron chi connectivity index (χ2n) is 14.0. The van der Waals surface area contributed by atoms with Gasteiger partial charge in [-0.25, -0.2) is 0 Å². The van der Waals surface area contributed by atoms with Crippen molar-refractivity contribution in [3.63, 3.8) is 0 Å². The van der Waals surface area contributed by atoms with Gasteiger partial charge in [-0.1, -0.05) is 96.9 Å². The van der Waals surface area contributed by atoms with Crippen molar-refractivity contribution in [2.75, 3.05) is 18.1 Å². The lowest BCUT2D eigenvalue weighted by molar-refractivity contribution is -0.162. The fraction of sp³-hybridized carbons (Fsp3) is 0.487. The van der Waals surface area contributed by atoms with Gasteiger partial charge in [-0.15, -0.1) is 0 Å². The van der Waals surface area contributed by atoms with E-state index in [4.69, 9.17) is 9.47 Å². The van der Waals surface area contributed by atoms with Crippen LogP contribution in [-0.4, -0.2) is 76.7 Å². The van der Waals surface area contributed by atoms with E-state index in [1.165, 1.54) is 4.90 Å². The van der Waals surface area contributed by atoms with E-state index in [9.17, 15) is 19.5 Å². The SMILES string of the molecule is CC[C@H](C)[C@H](CO)N1C(=O)[C@H]2[C@@H]3C(=O)O[C@H](c4ccccc4)[C@@H](C)NC(=O)CC/C=C\CN(c4c(C)cccc4C)C(=O)[C@H]1[C@@]21C=C(Br)[C@@H]3O1. The predicted octanol–water partition coefficient (Wildman–Crippen LogP) is 5.06. The molecule has 2 saturated heterocycles. The van der Waals surface area contributed by atoms with Gasteiger partial charge in [-0.2, -0.15) is 0 Å². The van der Waals surface area contributed by atoms with Crippen molar-refractivity contribution >= 4 is 45.3 Å². The van der Waals surface area contributed by atoms with Crippen molar-refractivity contribution in [1.82, 2.24) is 10.2 Å². The van der Waals surface area contributed by atoms with Gasteiger partial charge < -0.3 is 29.7 Å². The van der Waals surface area contributed by atoms with Crippen LogP contribution >= 0.6 is 15.9 Å². The highest BCUT2D eigenvalue weighted by atomic mass is 79.9. The molecule has 0 unspecified atom stereocenters. The van der Waals surface area contributed by atoms with Crippen LogP contribution in [0.25, 0.3) is 0 Å². The molecule has 4 aliphatic heterocycles. The molecule has 2 N–H and O–H groups in total. The molecule has 0 saturated carbocycles. The Hall–Kier alpha value is -3.80. The number of aryl methyl sites for hydroxylation is 2. The molecule has 9 atom stereocenters. The van der Waals surface area contributed by atoms with Crippen molar-refractivity contribution in [1.29, 1.82) is 0 Å². The minimum Gasteiger partial charge on any atom is -0.455 e. The smallest absolute Gasteiger partial charge is 0.313 e. The number of rotatable bonds is 6. The number of nitrogens with zero attached hydrogens (tertiary/aromatic N) is 2.